The van der Waals surface area contributed by atoms with Crippen molar-refractivity contribution in [2.45, 2.75) is 84.0 Å². The summed E-state index contributed by atoms with van der Waals surface area (Å²) in [6, 6.07) is 59.7. The van der Waals surface area contributed by atoms with E-state index in [-0.39, 0.29) is 28.4 Å². The maximum Gasteiger partial charge on any atom is 0.252 e. The first-order valence-electron chi connectivity index (χ1n) is 24.5. The van der Waals surface area contributed by atoms with Gasteiger partial charge in [0, 0.05) is 45.0 Å². The highest BCUT2D eigenvalue weighted by molar-refractivity contribution is 7.01. The van der Waals surface area contributed by atoms with Gasteiger partial charge in [0.25, 0.3) is 6.71 Å². The average Bonchev–Trinajstić information content (AvgIpc) is 4.05. The van der Waals surface area contributed by atoms with Crippen molar-refractivity contribution in [3.8, 4) is 22.3 Å². The fraction of sp³-hybridized carbons (Fsp3) is 0.311. The Balaban J connectivity index is 1.03. The molecule has 15 rings (SSSR count). The third-order valence-corrected chi connectivity index (χ3v) is 20.5. The summed E-state index contributed by atoms with van der Waals surface area (Å²) in [5.74, 6) is 2.14. The van der Waals surface area contributed by atoms with Gasteiger partial charge in [-0.05, 0) is 182 Å². The van der Waals surface area contributed by atoms with Crippen LogP contribution in [-0.2, 0) is 10.8 Å². The molecule has 2 nitrogen and oxygen atoms in total. The lowest BCUT2D eigenvalue weighted by Crippen LogP contribution is -2.62. The largest absolute Gasteiger partial charge is 0.311 e. The van der Waals surface area contributed by atoms with Crippen molar-refractivity contribution in [1.29, 1.82) is 0 Å². The number of fused-ring (bicyclic) bond motifs is 21. The Hall–Kier alpha value is -5.80. The summed E-state index contributed by atoms with van der Waals surface area (Å²) < 4.78 is 0. The highest BCUT2D eigenvalue weighted by atomic mass is 15.2. The van der Waals surface area contributed by atoms with Gasteiger partial charge in [-0.25, -0.2) is 0 Å². The van der Waals surface area contributed by atoms with Crippen molar-refractivity contribution in [3.63, 3.8) is 0 Å². The molecule has 6 aliphatic carbocycles. The van der Waals surface area contributed by atoms with Gasteiger partial charge in [-0.2, -0.15) is 0 Å². The molecule has 2 heterocycles. The third kappa shape index (κ3) is 3.88. The molecule has 4 bridgehead atoms. The maximum atomic E-state index is 2.70. The first-order chi connectivity index (χ1) is 31.1. The molecule has 4 fully saturated rings. The molecule has 8 aliphatic rings. The summed E-state index contributed by atoms with van der Waals surface area (Å²) in [7, 11) is 0. The van der Waals surface area contributed by atoms with Crippen LogP contribution in [0.2, 0.25) is 0 Å². The maximum absolute atomic E-state index is 2.70. The number of anilines is 6. The molecule has 6 atom stereocenters. The van der Waals surface area contributed by atoms with Crippen LogP contribution < -0.4 is 26.2 Å². The normalized spacial score (nSPS) is 29.1. The molecule has 2 spiro atoms. The topological polar surface area (TPSA) is 6.48 Å². The van der Waals surface area contributed by atoms with Crippen molar-refractivity contribution < 1.29 is 0 Å². The Morgan fingerprint density at radius 3 is 1.88 bits per heavy atom. The lowest BCUT2D eigenvalue weighted by atomic mass is 9.32. The van der Waals surface area contributed by atoms with Crippen molar-refractivity contribution in [1.82, 2.24) is 0 Å². The summed E-state index contributed by atoms with van der Waals surface area (Å²) in [5, 5.41) is 0. The molecule has 0 amide bonds. The van der Waals surface area contributed by atoms with Gasteiger partial charge in [-0.3, -0.25) is 0 Å². The van der Waals surface area contributed by atoms with Crippen LogP contribution in [0.3, 0.4) is 0 Å². The van der Waals surface area contributed by atoms with E-state index in [1.54, 1.807) is 22.3 Å². The van der Waals surface area contributed by atoms with Gasteiger partial charge in [0.05, 0.1) is 0 Å². The highest BCUT2D eigenvalue weighted by Gasteiger charge is 2.72. The monoisotopic (exact) mass is 826 g/mol. The Bertz CT molecular complexity index is 3220. The van der Waals surface area contributed by atoms with E-state index >= 15 is 0 Å². The molecule has 64 heavy (non-hydrogen) atoms. The van der Waals surface area contributed by atoms with Crippen LogP contribution in [0.25, 0.3) is 22.3 Å². The van der Waals surface area contributed by atoms with E-state index in [4.69, 9.17) is 0 Å². The van der Waals surface area contributed by atoms with Crippen molar-refractivity contribution >= 4 is 57.2 Å². The van der Waals surface area contributed by atoms with E-state index in [1.807, 2.05) is 0 Å². The molecule has 4 saturated carbocycles. The van der Waals surface area contributed by atoms with Crippen LogP contribution in [-0.4, -0.2) is 6.71 Å². The molecular formula is C61H55BN2. The zero-order valence-electron chi connectivity index (χ0n) is 37.9. The molecule has 0 N–H and O–H groups in total. The van der Waals surface area contributed by atoms with Gasteiger partial charge < -0.3 is 9.80 Å². The summed E-state index contributed by atoms with van der Waals surface area (Å²) in [6.45, 7) is 13.1. The Morgan fingerprint density at radius 2 is 1.14 bits per heavy atom. The molecule has 4 unspecified atom stereocenters. The van der Waals surface area contributed by atoms with E-state index in [1.165, 1.54) is 111 Å². The first-order valence-corrected chi connectivity index (χ1v) is 24.5. The Morgan fingerprint density at radius 1 is 0.484 bits per heavy atom. The lowest BCUT2D eigenvalue weighted by Gasteiger charge is -2.49. The van der Waals surface area contributed by atoms with Gasteiger partial charge in [0.1, 0.15) is 0 Å². The van der Waals surface area contributed by atoms with E-state index in [2.05, 4.69) is 196 Å². The summed E-state index contributed by atoms with van der Waals surface area (Å²) in [6.07, 6.45) is 7.82. The van der Waals surface area contributed by atoms with Crippen LogP contribution in [0.15, 0.2) is 152 Å². The van der Waals surface area contributed by atoms with Gasteiger partial charge in [-0.15, -0.1) is 0 Å². The standard InChI is InChI=1S/C61H55BN2/c1-57(2)37-26-31-53(57)60(35-37)44-20-11-9-18-41(44)43-34-40(27-28-45(43)60)64-51-25-15-24-50-55(51)62(48-22-13-14-23-49(48)63(50)39-16-7-6-8-17-39)56-52(64)30-29-47-54(56)42-19-10-12-21-46(42)61(47)36-38-32-33-59(61,5)58(38,3)4/h6-25,27-30,34,37-38,53H,26,31-33,35-36H2,1-5H3/t37?,38?,53?,59?,60-,61+/m1/s1. The fourth-order valence-corrected chi connectivity index (χ4v) is 17.4. The van der Waals surface area contributed by atoms with Crippen molar-refractivity contribution in [3.05, 3.63) is 174 Å². The molecule has 2 aliphatic heterocycles. The minimum absolute atomic E-state index is 0.0186. The number of hydrogen-bond donors (Lipinski definition) is 0. The van der Waals surface area contributed by atoms with Crippen molar-refractivity contribution in [2.75, 3.05) is 9.80 Å². The van der Waals surface area contributed by atoms with Crippen LogP contribution in [0.1, 0.15) is 95.4 Å². The fourth-order valence-electron chi connectivity index (χ4n) is 17.4. The second-order valence-corrected chi connectivity index (χ2v) is 22.7. The van der Waals surface area contributed by atoms with Crippen molar-refractivity contribution in [2.24, 2.45) is 34.0 Å². The van der Waals surface area contributed by atoms with Gasteiger partial charge >= 0.3 is 0 Å². The molecule has 7 aromatic carbocycles. The highest BCUT2D eigenvalue weighted by Crippen LogP contribution is 2.78. The quantitative estimate of drug-likeness (QED) is 0.160. The summed E-state index contributed by atoms with van der Waals surface area (Å²) in [5.41, 5.74) is 24.9. The minimum atomic E-state index is -0.0186. The molecule has 0 aromatic heterocycles. The second-order valence-electron chi connectivity index (χ2n) is 22.7. The minimum Gasteiger partial charge on any atom is -0.311 e. The van der Waals surface area contributed by atoms with E-state index in [9.17, 15) is 0 Å². The number of nitrogens with zero attached hydrogens (tertiary/aromatic N) is 2. The van der Waals surface area contributed by atoms with Gasteiger partial charge in [-0.1, -0.05) is 138 Å². The molecule has 3 heteroatoms. The molecule has 0 saturated heterocycles. The molecule has 7 aromatic rings. The lowest BCUT2D eigenvalue weighted by molar-refractivity contribution is 0.0990. The van der Waals surface area contributed by atoms with Crippen LogP contribution >= 0.6 is 0 Å². The zero-order chi connectivity index (χ0) is 42.7. The smallest absolute Gasteiger partial charge is 0.252 e. The van der Waals surface area contributed by atoms with E-state index in [0.717, 1.165) is 5.92 Å². The number of hydrogen-bond acceptors (Lipinski definition) is 2. The summed E-state index contributed by atoms with van der Waals surface area (Å²) in [4.78, 5) is 5.24. The second kappa shape index (κ2) is 11.7. The number of para-hydroxylation sites is 2. The molecular weight excluding hydrogens is 771 g/mol. The predicted molar refractivity (Wildman–Crippen MR) is 267 cm³/mol. The van der Waals surface area contributed by atoms with Gasteiger partial charge in [0.2, 0.25) is 0 Å². The Labute approximate surface area is 379 Å². The first kappa shape index (κ1) is 36.5. The third-order valence-electron chi connectivity index (χ3n) is 20.5. The van der Waals surface area contributed by atoms with Gasteiger partial charge in [0.15, 0.2) is 0 Å². The molecule has 312 valence electrons. The predicted octanol–water partition coefficient (Wildman–Crippen LogP) is 13.6. The van der Waals surface area contributed by atoms with Crippen LogP contribution in [0.4, 0.5) is 34.1 Å². The summed E-state index contributed by atoms with van der Waals surface area (Å²) >= 11 is 0. The average molecular weight is 827 g/mol. The Kier molecular flexibility index (Phi) is 6.69. The van der Waals surface area contributed by atoms with E-state index < -0.39 is 0 Å². The number of rotatable bonds is 2. The molecule has 0 radical (unpaired) electrons. The van der Waals surface area contributed by atoms with Crippen LogP contribution in [0, 0.1) is 34.0 Å². The SMILES string of the molecule is CC1(C)C2CCC1[C@]1(C2)c2ccccc2-c2cc(N3c4cccc5c4B(c4ccccc4N5c4ccccc4)c4c3ccc3c4-c4ccccc4[C@@]34CC3CCC4(C)C3(C)C)ccc21. The zero-order valence-corrected chi connectivity index (χ0v) is 37.9. The number of benzene rings is 7. The van der Waals surface area contributed by atoms with E-state index in [0.29, 0.717) is 17.3 Å². The van der Waals surface area contributed by atoms with Crippen LogP contribution in [0.5, 0.6) is 0 Å².